The predicted molar refractivity (Wildman–Crippen MR) is 82.4 cm³/mol. The lowest BCUT2D eigenvalue weighted by Crippen LogP contribution is -2.08. The Hall–Kier alpha value is -1.39. The number of carboxylic acid groups (broad SMARTS) is 1. The molecular weight excluding hydrogens is 268 g/mol. The molecule has 3 N–H and O–H groups in total. The van der Waals surface area contributed by atoms with Crippen LogP contribution in [0.4, 0.5) is 0 Å². The summed E-state index contributed by atoms with van der Waals surface area (Å²) >= 11 is 0. The zero-order valence-electron chi connectivity index (χ0n) is 33.2. The maximum absolute atomic E-state index is 12.2. The van der Waals surface area contributed by atoms with Gasteiger partial charge in [0.15, 0.2) is 6.27 Å². The van der Waals surface area contributed by atoms with Crippen LogP contribution >= 0.6 is 0 Å². The summed E-state index contributed by atoms with van der Waals surface area (Å²) in [6, 6.07) is -5.14. The molecule has 1 aromatic rings. The summed E-state index contributed by atoms with van der Waals surface area (Å²) in [6.07, 6.45) is -41.0. The van der Waals surface area contributed by atoms with Crippen molar-refractivity contribution >= 4 is 5.97 Å². The van der Waals surface area contributed by atoms with Crippen LogP contribution in [0.3, 0.4) is 0 Å². The van der Waals surface area contributed by atoms with Crippen molar-refractivity contribution in [3.05, 3.63) is 34.8 Å². The number of carbonyl (C=O) groups is 1. The van der Waals surface area contributed by atoms with E-state index in [4.69, 9.17) is 31.5 Å². The molecular formula is C17H26O4. The first kappa shape index (κ1) is 3.74. The molecule has 1 aromatic carbocycles. The molecule has 0 heterocycles. The maximum atomic E-state index is 12.2. The number of hydrogen-bond acceptors (Lipinski definition) is 3. The molecule has 0 amide bonds. The highest BCUT2D eigenvalue weighted by molar-refractivity contribution is 5.89. The molecule has 0 bridgehead atoms. The highest BCUT2D eigenvalue weighted by atomic mass is 16.5. The minimum Gasteiger partial charge on any atom is -0.478 e. The Morgan fingerprint density at radius 1 is 1.33 bits per heavy atom. The molecule has 4 heteroatoms. The van der Waals surface area contributed by atoms with Gasteiger partial charge in [-0.25, -0.2) is 4.79 Å². The van der Waals surface area contributed by atoms with Crippen molar-refractivity contribution < 1.29 is 51.6 Å². The van der Waals surface area contributed by atoms with Crippen molar-refractivity contribution in [2.75, 3.05) is 0 Å². The van der Waals surface area contributed by atoms with Gasteiger partial charge in [0, 0.05) is 26.0 Å². The van der Waals surface area contributed by atoms with Crippen LogP contribution in [0, 0.1) is 0 Å². The third-order valence-electron chi connectivity index (χ3n) is 1.83. The van der Waals surface area contributed by atoms with Gasteiger partial charge in [0.2, 0.25) is 0 Å². The Balaban J connectivity index is 4.61. The van der Waals surface area contributed by atoms with E-state index in [2.05, 4.69) is 0 Å². The monoisotopic (exact) mass is 317 g/mol. The summed E-state index contributed by atoms with van der Waals surface area (Å²) in [4.78, 5) is 12.2. The minimum absolute atomic E-state index is 1.62. The molecule has 0 aliphatic rings. The lowest BCUT2D eigenvalue weighted by Gasteiger charge is -2.13. The van der Waals surface area contributed by atoms with Crippen molar-refractivity contribution in [2.45, 2.75) is 64.1 Å². The second-order valence-corrected chi connectivity index (χ2v) is 3.13. The lowest BCUT2D eigenvalue weighted by molar-refractivity contribution is -0.0465. The maximum Gasteiger partial charge on any atom is 0.335 e. The van der Waals surface area contributed by atoms with Gasteiger partial charge in [-0.1, -0.05) is 31.7 Å². The van der Waals surface area contributed by atoms with Crippen LogP contribution in [0.5, 0.6) is 0 Å². The van der Waals surface area contributed by atoms with E-state index in [1.54, 1.807) is 0 Å². The predicted octanol–water partition coefficient (Wildman–Crippen LogP) is 3.14. The Labute approximate surface area is 158 Å². The summed E-state index contributed by atoms with van der Waals surface area (Å²) in [5.41, 5.74) is -6.26. The molecule has 4 nitrogen and oxygen atoms in total. The van der Waals surface area contributed by atoms with Gasteiger partial charge in [-0.2, -0.15) is 0 Å². The summed E-state index contributed by atoms with van der Waals surface area (Å²) in [5, 5.41) is 28.8. The highest BCUT2D eigenvalue weighted by Gasteiger charge is 2.13. The molecule has 21 heavy (non-hydrogen) atoms. The molecule has 0 fully saturated rings. The van der Waals surface area contributed by atoms with Crippen molar-refractivity contribution in [2.24, 2.45) is 0 Å². The molecule has 0 unspecified atom stereocenters. The SMILES string of the molecule is [2H]c1c([2H])c(C(=O)O)c(C([2H])([2H])C([2H])([2H])C([2H])([2H])C([2H])([2H])C([2H])(O)O)c(C([2H])([2H])C([2H])([2H])C([2H])([2H])C([2H])([2H])C([2H])([2H])[2H])c1[2H]. The summed E-state index contributed by atoms with van der Waals surface area (Å²) in [7, 11) is 0. The zero-order chi connectivity index (χ0) is 36.0. The molecule has 0 saturated carbocycles. The van der Waals surface area contributed by atoms with Gasteiger partial charge in [-0.15, -0.1) is 0 Å². The fourth-order valence-corrected chi connectivity index (χ4v) is 1.09. The van der Waals surface area contributed by atoms with E-state index in [9.17, 15) is 20.1 Å². The smallest absolute Gasteiger partial charge is 0.335 e. The Bertz CT molecular complexity index is 1310. The normalized spacial score (nSPS) is 33.7. The number of hydrogen-bond donors (Lipinski definition) is 3. The first-order valence-corrected chi connectivity index (χ1v) is 5.12. The first-order chi connectivity index (χ1) is 18.8. The van der Waals surface area contributed by atoms with Crippen molar-refractivity contribution in [1.82, 2.24) is 0 Å². The van der Waals surface area contributed by atoms with E-state index in [0.29, 0.717) is 0 Å². The number of benzene rings is 1. The number of carboxylic acids is 1. The van der Waals surface area contributed by atoms with E-state index in [1.165, 1.54) is 0 Å². The van der Waals surface area contributed by atoms with Crippen LogP contribution in [0.15, 0.2) is 18.1 Å². The molecule has 0 spiro atoms. The van der Waals surface area contributed by atoms with Gasteiger partial charge in [0.25, 0.3) is 0 Å². The van der Waals surface area contributed by atoms with Gasteiger partial charge in [-0.3, -0.25) is 0 Å². The number of rotatable bonds is 10. The van der Waals surface area contributed by atoms with Gasteiger partial charge in [0.05, 0.1) is 11.0 Å². The molecule has 0 aliphatic heterocycles. The van der Waals surface area contributed by atoms with Crippen LogP contribution < -0.4 is 0 Å². The van der Waals surface area contributed by atoms with E-state index >= 15 is 0 Å². The second kappa shape index (κ2) is 9.53. The summed E-state index contributed by atoms with van der Waals surface area (Å²) < 4.78 is 182. The van der Waals surface area contributed by atoms with E-state index in [0.717, 1.165) is 0 Å². The molecule has 118 valence electrons. The van der Waals surface area contributed by atoms with E-state index in [1.807, 2.05) is 0 Å². The number of aliphatic hydroxyl groups is 2. The van der Waals surface area contributed by atoms with Crippen molar-refractivity contribution in [3.63, 3.8) is 0 Å². The zero-order valence-corrected chi connectivity index (χ0v) is 10.2. The topological polar surface area (TPSA) is 77.8 Å². The van der Waals surface area contributed by atoms with Gasteiger partial charge < -0.3 is 15.3 Å². The first-order valence-electron chi connectivity index (χ1n) is 16.6. The highest BCUT2D eigenvalue weighted by Crippen LogP contribution is 2.21. The fourth-order valence-electron chi connectivity index (χ4n) is 1.09. The Morgan fingerprint density at radius 2 is 2.10 bits per heavy atom. The third kappa shape index (κ3) is 6.27. The number of aromatic carboxylic acids is 1. The van der Waals surface area contributed by atoms with Gasteiger partial charge in [-0.05, 0) is 55.4 Å². The quantitative estimate of drug-likeness (QED) is 0.579. The van der Waals surface area contributed by atoms with E-state index < -0.39 is 105 Å². The molecule has 0 aromatic heterocycles. The van der Waals surface area contributed by atoms with Crippen molar-refractivity contribution in [1.29, 1.82) is 0 Å². The van der Waals surface area contributed by atoms with Crippen molar-refractivity contribution in [3.8, 4) is 0 Å². The molecule has 0 atom stereocenters. The van der Waals surface area contributed by atoms with Gasteiger partial charge in [0.1, 0.15) is 0 Å². The Morgan fingerprint density at radius 3 is 2.76 bits per heavy atom. The lowest BCUT2D eigenvalue weighted by atomic mass is 9.93. The third-order valence-corrected chi connectivity index (χ3v) is 1.83. The molecule has 1 rings (SSSR count). The fraction of sp³-hybridized carbons (Fsp3) is 0.588. The minimum atomic E-state index is -4.71. The molecule has 0 radical (unpaired) electrons. The summed E-state index contributed by atoms with van der Waals surface area (Å²) in [5.74, 6) is -2.51. The van der Waals surface area contributed by atoms with Crippen LogP contribution in [-0.4, -0.2) is 27.6 Å². The summed E-state index contributed by atoms with van der Waals surface area (Å²) in [6.45, 7) is -4.03. The Kier molecular flexibility index (Phi) is 1.70. The van der Waals surface area contributed by atoms with Crippen LogP contribution in [0.1, 0.15) is 98.1 Å². The molecule has 0 aliphatic carbocycles. The molecule has 0 saturated heterocycles. The standard InChI is InChI=1S/C17H26O4/c1-2-3-4-8-13-9-7-11-15(17(20)21)14(13)10-5-6-12-16(18)19/h7,9,11,16,18-19H,2-6,8,10,12H2,1H3,(H,20,21)/i1D3,2D2,3D2,4D2,5D2,6D2,7D,8D2,9D,10D2,11D,12D2,16D. The second-order valence-electron chi connectivity index (χ2n) is 3.13. The van der Waals surface area contributed by atoms with Crippen LogP contribution in [0.2, 0.25) is 0 Å². The average Bonchev–Trinajstić information content (AvgIpc) is 2.79. The van der Waals surface area contributed by atoms with Gasteiger partial charge >= 0.3 is 5.97 Å². The largest absolute Gasteiger partial charge is 0.478 e. The average molecular weight is 318 g/mol. The van der Waals surface area contributed by atoms with E-state index in [-0.39, 0.29) is 0 Å². The van der Waals surface area contributed by atoms with Crippen LogP contribution in [-0.2, 0) is 12.7 Å². The van der Waals surface area contributed by atoms with Crippen LogP contribution in [0.25, 0.3) is 0 Å².